The molecule has 1 unspecified atom stereocenters. The monoisotopic (exact) mass is 545 g/mol. The fourth-order valence-electron chi connectivity index (χ4n) is 5.31. The lowest BCUT2D eigenvalue weighted by atomic mass is 9.82. The van der Waals surface area contributed by atoms with Gasteiger partial charge in [-0.3, -0.25) is 0 Å². The summed E-state index contributed by atoms with van der Waals surface area (Å²) >= 11 is 6.20. The molecule has 0 bridgehead atoms. The van der Waals surface area contributed by atoms with Gasteiger partial charge in [0.25, 0.3) is 0 Å². The van der Waals surface area contributed by atoms with Gasteiger partial charge in [-0.2, -0.15) is 0 Å². The summed E-state index contributed by atoms with van der Waals surface area (Å²) in [5.74, 6) is 0.531. The van der Waals surface area contributed by atoms with Crippen LogP contribution in [-0.2, 0) is 19.1 Å². The molecule has 0 aliphatic carbocycles. The lowest BCUT2D eigenvalue weighted by molar-refractivity contribution is 0.117. The van der Waals surface area contributed by atoms with Crippen LogP contribution in [0.25, 0.3) is 22.0 Å². The number of halogens is 1. The smallest absolute Gasteiger partial charge is 0.214 e. The molecule has 2 heterocycles. The molecular formula is C34H28ClN3O2. The van der Waals surface area contributed by atoms with Crippen molar-refractivity contribution in [3.05, 3.63) is 149 Å². The molecule has 40 heavy (non-hydrogen) atoms. The van der Waals surface area contributed by atoms with Crippen molar-refractivity contribution in [2.24, 2.45) is 7.05 Å². The van der Waals surface area contributed by atoms with E-state index in [-0.39, 0.29) is 0 Å². The minimum atomic E-state index is -1.48. The molecular weight excluding hydrogens is 518 g/mol. The fraction of sp³-hybridized carbons (Fsp3) is 0.118. The molecule has 4 aromatic carbocycles. The Bertz CT molecular complexity index is 1800. The third-order valence-corrected chi connectivity index (χ3v) is 7.60. The average Bonchev–Trinajstić information content (AvgIpc) is 3.43. The summed E-state index contributed by atoms with van der Waals surface area (Å²) in [5, 5.41) is 14.0. The molecule has 1 atom stereocenters. The number of imidazole rings is 1. The van der Waals surface area contributed by atoms with Crippen LogP contribution < -0.4 is 4.74 Å². The van der Waals surface area contributed by atoms with Crippen LogP contribution in [0.5, 0.6) is 5.88 Å². The summed E-state index contributed by atoms with van der Waals surface area (Å²) in [6.45, 7) is 0. The van der Waals surface area contributed by atoms with Crippen molar-refractivity contribution in [1.82, 2.24) is 14.5 Å². The molecule has 2 aromatic heterocycles. The summed E-state index contributed by atoms with van der Waals surface area (Å²) in [7, 11) is 3.50. The molecule has 0 radical (unpaired) electrons. The first-order valence-electron chi connectivity index (χ1n) is 13.0. The topological polar surface area (TPSA) is 60.2 Å². The van der Waals surface area contributed by atoms with Crippen molar-refractivity contribution in [3.63, 3.8) is 0 Å². The number of fused-ring (bicyclic) bond motifs is 1. The van der Waals surface area contributed by atoms with Crippen LogP contribution in [-0.4, -0.2) is 26.8 Å². The fourth-order valence-corrected chi connectivity index (χ4v) is 5.44. The number of aromatic nitrogens is 3. The van der Waals surface area contributed by atoms with Crippen molar-refractivity contribution >= 4 is 22.5 Å². The predicted octanol–water partition coefficient (Wildman–Crippen LogP) is 7.17. The van der Waals surface area contributed by atoms with Gasteiger partial charge in [0.15, 0.2) is 5.60 Å². The number of benzene rings is 4. The lowest BCUT2D eigenvalue weighted by Crippen LogP contribution is -2.31. The first kappa shape index (κ1) is 25.8. The molecule has 0 saturated heterocycles. The number of ether oxygens (including phenoxy) is 1. The van der Waals surface area contributed by atoms with Gasteiger partial charge in [0, 0.05) is 23.5 Å². The Kier molecular flexibility index (Phi) is 6.84. The first-order valence-corrected chi connectivity index (χ1v) is 13.4. The van der Waals surface area contributed by atoms with E-state index >= 15 is 0 Å². The number of hydrogen-bond acceptors (Lipinski definition) is 4. The molecule has 198 valence electrons. The number of aryl methyl sites for hydroxylation is 1. The van der Waals surface area contributed by atoms with Crippen molar-refractivity contribution in [2.75, 3.05) is 7.11 Å². The third kappa shape index (κ3) is 4.75. The van der Waals surface area contributed by atoms with E-state index in [0.717, 1.165) is 28.5 Å². The standard InChI is InChI=1S/C34H28ClN3O2/c1-38-22-36-21-32(38)34(39,26-11-14-28(35)15-12-26)27-13-16-31-30(19-27)29(20-33(37-31)40-2)25-10-6-9-24(18-25)17-23-7-4-3-5-8-23/h3-16,18-22,39H,17H2,1-2H3. The Morgan fingerprint density at radius 3 is 2.33 bits per heavy atom. The second kappa shape index (κ2) is 10.6. The van der Waals surface area contributed by atoms with Gasteiger partial charge in [0.05, 0.1) is 30.8 Å². The molecule has 0 saturated carbocycles. The van der Waals surface area contributed by atoms with Gasteiger partial charge in [-0.25, -0.2) is 9.97 Å². The van der Waals surface area contributed by atoms with Crippen molar-refractivity contribution in [3.8, 4) is 17.0 Å². The SMILES string of the molecule is COc1cc(-c2cccc(Cc3ccccc3)c2)c2cc(C(O)(c3ccc(Cl)cc3)c3cncn3C)ccc2n1. The van der Waals surface area contributed by atoms with E-state index < -0.39 is 5.60 Å². The van der Waals surface area contributed by atoms with Gasteiger partial charge in [-0.15, -0.1) is 0 Å². The van der Waals surface area contributed by atoms with Crippen LogP contribution in [0.3, 0.4) is 0 Å². The molecule has 5 nitrogen and oxygen atoms in total. The molecule has 0 aliphatic heterocycles. The van der Waals surface area contributed by atoms with Gasteiger partial charge < -0.3 is 14.4 Å². The van der Waals surface area contributed by atoms with Crippen molar-refractivity contribution in [2.45, 2.75) is 12.0 Å². The van der Waals surface area contributed by atoms with Crippen LogP contribution in [0.15, 0.2) is 116 Å². The van der Waals surface area contributed by atoms with E-state index in [0.29, 0.717) is 27.7 Å². The minimum absolute atomic E-state index is 0.531. The largest absolute Gasteiger partial charge is 0.481 e. The van der Waals surface area contributed by atoms with Crippen LogP contribution in [0.4, 0.5) is 0 Å². The van der Waals surface area contributed by atoms with Crippen LogP contribution >= 0.6 is 11.6 Å². The molecule has 1 N–H and O–H groups in total. The number of pyridine rings is 1. The van der Waals surface area contributed by atoms with E-state index in [2.05, 4.69) is 53.5 Å². The summed E-state index contributed by atoms with van der Waals surface area (Å²) in [5.41, 5.74) is 5.80. The Morgan fingerprint density at radius 2 is 1.60 bits per heavy atom. The first-order chi connectivity index (χ1) is 19.5. The molecule has 0 fully saturated rings. The highest BCUT2D eigenvalue weighted by Crippen LogP contribution is 2.40. The van der Waals surface area contributed by atoms with Crippen LogP contribution in [0.1, 0.15) is 27.9 Å². The maximum absolute atomic E-state index is 12.5. The van der Waals surface area contributed by atoms with E-state index in [1.807, 2.05) is 54.1 Å². The Balaban J connectivity index is 1.54. The second-order valence-electron chi connectivity index (χ2n) is 9.91. The van der Waals surface area contributed by atoms with Gasteiger partial charge >= 0.3 is 0 Å². The second-order valence-corrected chi connectivity index (χ2v) is 10.4. The quantitative estimate of drug-likeness (QED) is 0.231. The van der Waals surface area contributed by atoms with Crippen molar-refractivity contribution < 1.29 is 9.84 Å². The zero-order valence-corrected chi connectivity index (χ0v) is 23.0. The normalized spacial score (nSPS) is 12.8. The summed E-state index contributed by atoms with van der Waals surface area (Å²) in [6, 6.07) is 34.0. The highest BCUT2D eigenvalue weighted by molar-refractivity contribution is 6.30. The van der Waals surface area contributed by atoms with Gasteiger partial charge in [-0.1, -0.05) is 84.4 Å². The van der Waals surface area contributed by atoms with Gasteiger partial charge in [0.1, 0.15) is 0 Å². The molecule has 0 spiro atoms. The molecule has 0 amide bonds. The maximum atomic E-state index is 12.5. The van der Waals surface area contributed by atoms with Gasteiger partial charge in [0.2, 0.25) is 5.88 Å². The Morgan fingerprint density at radius 1 is 0.850 bits per heavy atom. The molecule has 6 heteroatoms. The summed E-state index contributed by atoms with van der Waals surface area (Å²) in [6.07, 6.45) is 4.21. The highest BCUT2D eigenvalue weighted by Gasteiger charge is 2.37. The number of hydrogen-bond donors (Lipinski definition) is 1. The van der Waals surface area contributed by atoms with E-state index in [1.165, 1.54) is 11.1 Å². The molecule has 6 aromatic rings. The average molecular weight is 546 g/mol. The van der Waals surface area contributed by atoms with Crippen LogP contribution in [0, 0.1) is 0 Å². The minimum Gasteiger partial charge on any atom is -0.481 e. The zero-order valence-electron chi connectivity index (χ0n) is 22.3. The van der Waals surface area contributed by atoms with E-state index in [9.17, 15) is 5.11 Å². The molecule has 0 aliphatic rings. The van der Waals surface area contributed by atoms with E-state index in [1.54, 1.807) is 31.8 Å². The van der Waals surface area contributed by atoms with Gasteiger partial charge in [-0.05, 0) is 64.1 Å². The Labute approximate surface area is 238 Å². The number of rotatable bonds is 7. The van der Waals surface area contributed by atoms with Crippen LogP contribution in [0.2, 0.25) is 5.02 Å². The maximum Gasteiger partial charge on any atom is 0.214 e. The number of nitrogens with zero attached hydrogens (tertiary/aromatic N) is 3. The molecule has 6 rings (SSSR count). The third-order valence-electron chi connectivity index (χ3n) is 7.35. The number of aliphatic hydroxyl groups is 1. The van der Waals surface area contributed by atoms with E-state index in [4.69, 9.17) is 21.3 Å². The van der Waals surface area contributed by atoms with Crippen molar-refractivity contribution in [1.29, 1.82) is 0 Å². The summed E-state index contributed by atoms with van der Waals surface area (Å²) in [4.78, 5) is 9.02. The number of methoxy groups -OCH3 is 1. The highest BCUT2D eigenvalue weighted by atomic mass is 35.5. The lowest BCUT2D eigenvalue weighted by Gasteiger charge is -2.30. The Hall–Kier alpha value is -4.45. The summed E-state index contributed by atoms with van der Waals surface area (Å²) < 4.78 is 7.41. The zero-order chi connectivity index (χ0) is 27.7. The predicted molar refractivity (Wildman–Crippen MR) is 160 cm³/mol.